The molecular weight excluding hydrogens is 397 g/mol. The number of halogens is 2. The van der Waals surface area contributed by atoms with E-state index in [1.54, 1.807) is 0 Å². The molecule has 0 unspecified atom stereocenters. The average molecular weight is 408 g/mol. The number of hydrogen-bond donors (Lipinski definition) is 1. The van der Waals surface area contributed by atoms with Crippen molar-refractivity contribution in [3.8, 4) is 0 Å². The van der Waals surface area contributed by atoms with Gasteiger partial charge in [-0.2, -0.15) is 5.10 Å². The van der Waals surface area contributed by atoms with Crippen LogP contribution in [0.2, 0.25) is 0 Å². The molecule has 4 nitrogen and oxygen atoms in total. The number of rotatable bonds is 2. The molecule has 17 heavy (non-hydrogen) atoms. The van der Waals surface area contributed by atoms with Crippen molar-refractivity contribution in [2.45, 2.75) is 6.54 Å². The molecular formula is C11H11BrIN3O. The molecule has 0 fully saturated rings. The fourth-order valence-corrected chi connectivity index (χ4v) is 3.44. The first kappa shape index (κ1) is 13.0. The summed E-state index contributed by atoms with van der Waals surface area (Å²) < 4.78 is 1.89. The van der Waals surface area contributed by atoms with Gasteiger partial charge in [-0.1, -0.05) is 15.9 Å². The van der Waals surface area contributed by atoms with E-state index >= 15 is 0 Å². The van der Waals surface area contributed by atoms with Gasteiger partial charge in [-0.05, 0) is 48.8 Å². The lowest BCUT2D eigenvalue weighted by Crippen LogP contribution is -2.17. The third-order valence-corrected chi connectivity index (χ3v) is 3.66. The number of fused-ring (bicyclic) bond motifs is 1. The molecule has 0 radical (unpaired) electrons. The van der Waals surface area contributed by atoms with Gasteiger partial charge in [-0.15, -0.1) is 0 Å². The SMILES string of the molecule is CN(C)Cc1n[nH]c(=O)c2c(I)cc(Br)cc12. The van der Waals surface area contributed by atoms with Crippen molar-refractivity contribution in [1.29, 1.82) is 0 Å². The normalized spacial score (nSPS) is 11.4. The molecule has 0 spiro atoms. The lowest BCUT2D eigenvalue weighted by molar-refractivity contribution is 0.396. The first-order chi connectivity index (χ1) is 7.99. The van der Waals surface area contributed by atoms with Crippen LogP contribution in [-0.2, 0) is 6.54 Å². The Hall–Kier alpha value is -0.470. The summed E-state index contributed by atoms with van der Waals surface area (Å²) in [6, 6.07) is 3.87. The van der Waals surface area contributed by atoms with Crippen molar-refractivity contribution in [2.24, 2.45) is 0 Å². The lowest BCUT2D eigenvalue weighted by atomic mass is 10.1. The molecule has 0 saturated heterocycles. The van der Waals surface area contributed by atoms with Crippen LogP contribution in [0.15, 0.2) is 21.4 Å². The molecule has 6 heteroatoms. The van der Waals surface area contributed by atoms with Crippen LogP contribution in [0.4, 0.5) is 0 Å². The first-order valence-electron chi connectivity index (χ1n) is 5.00. The van der Waals surface area contributed by atoms with Crippen LogP contribution >= 0.6 is 38.5 Å². The van der Waals surface area contributed by atoms with Crippen LogP contribution in [0.25, 0.3) is 10.8 Å². The van der Waals surface area contributed by atoms with Crippen molar-refractivity contribution in [3.63, 3.8) is 0 Å². The van der Waals surface area contributed by atoms with Gasteiger partial charge < -0.3 is 4.90 Å². The van der Waals surface area contributed by atoms with E-state index in [-0.39, 0.29) is 5.56 Å². The summed E-state index contributed by atoms with van der Waals surface area (Å²) >= 11 is 5.62. The Morgan fingerprint density at radius 3 is 2.82 bits per heavy atom. The molecule has 1 heterocycles. The second-order valence-corrected chi connectivity index (χ2v) is 6.13. The van der Waals surface area contributed by atoms with E-state index in [1.807, 2.05) is 31.1 Å². The zero-order valence-electron chi connectivity index (χ0n) is 9.42. The molecule has 90 valence electrons. The minimum atomic E-state index is -0.139. The van der Waals surface area contributed by atoms with Gasteiger partial charge in [0, 0.05) is 20.0 Å². The van der Waals surface area contributed by atoms with Crippen LogP contribution < -0.4 is 5.56 Å². The first-order valence-corrected chi connectivity index (χ1v) is 6.87. The standard InChI is InChI=1S/C11H11BrIN3O/c1-16(2)5-9-7-3-6(12)4-8(13)10(7)11(17)15-14-9/h3-4H,5H2,1-2H3,(H,15,17). The van der Waals surface area contributed by atoms with E-state index in [1.165, 1.54) is 0 Å². The monoisotopic (exact) mass is 407 g/mol. The molecule has 0 aliphatic heterocycles. The fraction of sp³-hybridized carbons (Fsp3) is 0.273. The molecule has 0 aliphatic carbocycles. The maximum absolute atomic E-state index is 11.8. The summed E-state index contributed by atoms with van der Waals surface area (Å²) in [5, 5.41) is 8.29. The number of benzene rings is 1. The summed E-state index contributed by atoms with van der Waals surface area (Å²) in [7, 11) is 3.95. The number of nitrogens with zero attached hydrogens (tertiary/aromatic N) is 2. The summed E-state index contributed by atoms with van der Waals surface area (Å²) in [5.74, 6) is 0. The van der Waals surface area contributed by atoms with Gasteiger partial charge in [0.25, 0.3) is 5.56 Å². The molecule has 0 atom stereocenters. The topological polar surface area (TPSA) is 49.0 Å². The molecule has 0 amide bonds. The van der Waals surface area contributed by atoms with E-state index in [0.717, 1.165) is 19.1 Å². The zero-order chi connectivity index (χ0) is 12.6. The summed E-state index contributed by atoms with van der Waals surface area (Å²) in [6.07, 6.45) is 0. The largest absolute Gasteiger partial charge is 0.303 e. The molecule has 0 aliphatic rings. The highest BCUT2D eigenvalue weighted by atomic mass is 127. The predicted molar refractivity (Wildman–Crippen MR) is 80.2 cm³/mol. The van der Waals surface area contributed by atoms with E-state index in [0.29, 0.717) is 11.9 Å². The van der Waals surface area contributed by atoms with Crippen LogP contribution in [0.1, 0.15) is 5.69 Å². The Balaban J connectivity index is 2.79. The van der Waals surface area contributed by atoms with Crippen LogP contribution in [-0.4, -0.2) is 29.2 Å². The van der Waals surface area contributed by atoms with E-state index in [4.69, 9.17) is 0 Å². The van der Waals surface area contributed by atoms with Gasteiger partial charge in [-0.3, -0.25) is 4.79 Å². The Bertz CT molecular complexity index is 624. The van der Waals surface area contributed by atoms with Gasteiger partial charge in [0.15, 0.2) is 0 Å². The lowest BCUT2D eigenvalue weighted by Gasteiger charge is -2.11. The fourth-order valence-electron chi connectivity index (χ4n) is 1.69. The average Bonchev–Trinajstić information content (AvgIpc) is 2.20. The Morgan fingerprint density at radius 2 is 2.18 bits per heavy atom. The predicted octanol–water partition coefficient (Wildman–Crippen LogP) is 2.35. The minimum absolute atomic E-state index is 0.139. The van der Waals surface area contributed by atoms with E-state index in [9.17, 15) is 4.79 Å². The van der Waals surface area contributed by atoms with Gasteiger partial charge in [0.05, 0.1) is 11.1 Å². The van der Waals surface area contributed by atoms with Gasteiger partial charge in [-0.25, -0.2) is 5.10 Å². The second-order valence-electron chi connectivity index (χ2n) is 4.05. The quantitative estimate of drug-likeness (QED) is 0.777. The Morgan fingerprint density at radius 1 is 1.47 bits per heavy atom. The number of aromatic amines is 1. The van der Waals surface area contributed by atoms with Crippen molar-refractivity contribution >= 4 is 49.3 Å². The number of nitrogens with one attached hydrogen (secondary N) is 1. The number of aromatic nitrogens is 2. The molecule has 1 N–H and O–H groups in total. The number of hydrogen-bond acceptors (Lipinski definition) is 3. The molecule has 0 saturated carbocycles. The molecule has 1 aromatic carbocycles. The summed E-state index contributed by atoms with van der Waals surface area (Å²) in [6.45, 7) is 0.694. The maximum atomic E-state index is 11.8. The van der Waals surface area contributed by atoms with Gasteiger partial charge in [0.2, 0.25) is 0 Å². The van der Waals surface area contributed by atoms with E-state index in [2.05, 4.69) is 48.7 Å². The summed E-state index contributed by atoms with van der Waals surface area (Å²) in [5.41, 5.74) is 0.739. The molecule has 2 aromatic rings. The molecule has 2 rings (SSSR count). The van der Waals surface area contributed by atoms with Gasteiger partial charge >= 0.3 is 0 Å². The zero-order valence-corrected chi connectivity index (χ0v) is 13.2. The molecule has 1 aromatic heterocycles. The minimum Gasteiger partial charge on any atom is -0.303 e. The highest BCUT2D eigenvalue weighted by Gasteiger charge is 2.11. The molecule has 0 bridgehead atoms. The van der Waals surface area contributed by atoms with Gasteiger partial charge in [0.1, 0.15) is 0 Å². The van der Waals surface area contributed by atoms with E-state index < -0.39 is 0 Å². The van der Waals surface area contributed by atoms with Crippen LogP contribution in [0.3, 0.4) is 0 Å². The van der Waals surface area contributed by atoms with Crippen LogP contribution in [0, 0.1) is 3.57 Å². The van der Waals surface area contributed by atoms with Crippen molar-refractivity contribution in [2.75, 3.05) is 14.1 Å². The maximum Gasteiger partial charge on any atom is 0.273 e. The highest BCUT2D eigenvalue weighted by Crippen LogP contribution is 2.24. The van der Waals surface area contributed by atoms with Crippen LogP contribution in [0.5, 0.6) is 0 Å². The van der Waals surface area contributed by atoms with Crippen molar-refractivity contribution in [1.82, 2.24) is 15.1 Å². The Labute approximate surface area is 121 Å². The van der Waals surface area contributed by atoms with Crippen molar-refractivity contribution < 1.29 is 0 Å². The van der Waals surface area contributed by atoms with Crippen molar-refractivity contribution in [3.05, 3.63) is 36.2 Å². The number of H-pyrrole nitrogens is 1. The Kier molecular flexibility index (Phi) is 3.84. The summed E-state index contributed by atoms with van der Waals surface area (Å²) in [4.78, 5) is 13.8. The third-order valence-electron chi connectivity index (χ3n) is 2.35. The second kappa shape index (κ2) is 5.03. The third kappa shape index (κ3) is 2.69. The highest BCUT2D eigenvalue weighted by molar-refractivity contribution is 14.1. The smallest absolute Gasteiger partial charge is 0.273 e.